The van der Waals surface area contributed by atoms with Gasteiger partial charge in [-0.05, 0) is 30.5 Å². The number of carbonyl (C=O) groups excluding carboxylic acids is 1. The second-order valence-electron chi connectivity index (χ2n) is 5.44. The van der Waals surface area contributed by atoms with E-state index in [-0.39, 0.29) is 5.91 Å². The largest absolute Gasteiger partial charge is 0.309 e. The summed E-state index contributed by atoms with van der Waals surface area (Å²) >= 11 is 0. The van der Waals surface area contributed by atoms with Crippen LogP contribution < -0.4 is 5.32 Å². The molecule has 1 aliphatic rings. The van der Waals surface area contributed by atoms with Gasteiger partial charge in [0.25, 0.3) is 5.91 Å². The van der Waals surface area contributed by atoms with Gasteiger partial charge in [0.1, 0.15) is 11.5 Å². The lowest BCUT2D eigenvalue weighted by molar-refractivity contribution is -0.115. The third-order valence-corrected chi connectivity index (χ3v) is 3.58. The van der Waals surface area contributed by atoms with Crippen molar-refractivity contribution in [3.63, 3.8) is 0 Å². The van der Waals surface area contributed by atoms with Crippen LogP contribution in [0.25, 0.3) is 6.08 Å². The zero-order valence-electron chi connectivity index (χ0n) is 12.5. The van der Waals surface area contributed by atoms with Crippen LogP contribution in [-0.4, -0.2) is 11.7 Å². The lowest BCUT2D eigenvalue weighted by atomic mass is 10.1. The van der Waals surface area contributed by atoms with Crippen molar-refractivity contribution in [1.82, 2.24) is 5.32 Å². The van der Waals surface area contributed by atoms with Gasteiger partial charge in [-0.15, -0.1) is 0 Å². The first-order valence-corrected chi connectivity index (χ1v) is 7.42. The molecule has 1 amide bonds. The molecule has 1 heterocycles. The van der Waals surface area contributed by atoms with Crippen LogP contribution in [0.3, 0.4) is 0 Å². The number of benzene rings is 2. The Labute approximate surface area is 130 Å². The minimum Gasteiger partial charge on any atom is -0.309 e. The molecule has 1 N–H and O–H groups in total. The lowest BCUT2D eigenvalue weighted by Crippen LogP contribution is -2.24. The van der Waals surface area contributed by atoms with E-state index >= 15 is 0 Å². The maximum absolute atomic E-state index is 12.0. The first-order valence-electron chi connectivity index (χ1n) is 7.42. The molecule has 2 aromatic rings. The number of rotatable bonds is 4. The van der Waals surface area contributed by atoms with Crippen molar-refractivity contribution in [1.29, 1.82) is 0 Å². The number of hydrogen-bond donors (Lipinski definition) is 1. The Balaban J connectivity index is 1.71. The summed E-state index contributed by atoms with van der Waals surface area (Å²) in [7, 11) is 0. The van der Waals surface area contributed by atoms with Gasteiger partial charge in [-0.25, -0.2) is 4.99 Å². The van der Waals surface area contributed by atoms with Gasteiger partial charge < -0.3 is 5.32 Å². The van der Waals surface area contributed by atoms with Gasteiger partial charge in [0.05, 0.1) is 0 Å². The van der Waals surface area contributed by atoms with E-state index in [1.54, 1.807) is 0 Å². The van der Waals surface area contributed by atoms with Crippen molar-refractivity contribution in [3.8, 4) is 0 Å². The van der Waals surface area contributed by atoms with Gasteiger partial charge >= 0.3 is 0 Å². The van der Waals surface area contributed by atoms with Crippen LogP contribution in [0.5, 0.6) is 0 Å². The molecule has 0 aliphatic carbocycles. The van der Waals surface area contributed by atoms with Gasteiger partial charge in [-0.1, -0.05) is 60.2 Å². The fourth-order valence-corrected chi connectivity index (χ4v) is 2.46. The van der Waals surface area contributed by atoms with Crippen LogP contribution in [0.2, 0.25) is 0 Å². The van der Waals surface area contributed by atoms with E-state index in [0.29, 0.717) is 5.70 Å². The summed E-state index contributed by atoms with van der Waals surface area (Å²) in [5.41, 5.74) is 3.89. The average Bonchev–Trinajstić information content (AvgIpc) is 2.86. The molecule has 3 nitrogen and oxygen atoms in total. The summed E-state index contributed by atoms with van der Waals surface area (Å²) in [4.78, 5) is 16.4. The summed E-state index contributed by atoms with van der Waals surface area (Å²) in [5, 5.41) is 2.85. The second-order valence-corrected chi connectivity index (χ2v) is 5.44. The highest BCUT2D eigenvalue weighted by Gasteiger charge is 2.19. The van der Waals surface area contributed by atoms with Crippen molar-refractivity contribution in [2.24, 2.45) is 4.99 Å². The van der Waals surface area contributed by atoms with E-state index in [1.165, 1.54) is 11.1 Å². The number of aliphatic imine (C=N–C) groups is 1. The Bertz CT molecular complexity index is 745. The smallest absolute Gasteiger partial charge is 0.275 e. The van der Waals surface area contributed by atoms with E-state index in [4.69, 9.17) is 0 Å². The minimum atomic E-state index is -0.121. The average molecular weight is 290 g/mol. The second kappa shape index (κ2) is 6.39. The molecule has 0 spiro atoms. The van der Waals surface area contributed by atoms with E-state index < -0.39 is 0 Å². The van der Waals surface area contributed by atoms with E-state index in [9.17, 15) is 4.79 Å². The molecule has 0 saturated carbocycles. The number of amides is 1. The van der Waals surface area contributed by atoms with E-state index in [1.807, 2.05) is 55.5 Å². The van der Waals surface area contributed by atoms with Crippen molar-refractivity contribution in [3.05, 3.63) is 77.0 Å². The van der Waals surface area contributed by atoms with Crippen molar-refractivity contribution in [2.45, 2.75) is 19.8 Å². The van der Waals surface area contributed by atoms with Crippen LogP contribution >= 0.6 is 0 Å². The number of carbonyl (C=O) groups is 1. The van der Waals surface area contributed by atoms with E-state index in [0.717, 1.165) is 24.2 Å². The van der Waals surface area contributed by atoms with Crippen LogP contribution in [0, 0.1) is 6.92 Å². The molecule has 1 aliphatic heterocycles. The Hall–Kier alpha value is -2.68. The van der Waals surface area contributed by atoms with Gasteiger partial charge in [-0.3, -0.25) is 4.79 Å². The first kappa shape index (κ1) is 14.3. The van der Waals surface area contributed by atoms with Crippen LogP contribution in [0.1, 0.15) is 23.1 Å². The number of amidine groups is 1. The third-order valence-electron chi connectivity index (χ3n) is 3.58. The summed E-state index contributed by atoms with van der Waals surface area (Å²) < 4.78 is 0. The molecule has 0 unspecified atom stereocenters. The molecule has 0 fully saturated rings. The number of nitrogens with one attached hydrogen (secondary N) is 1. The number of nitrogens with zero attached hydrogens (tertiary/aromatic N) is 1. The van der Waals surface area contributed by atoms with Crippen LogP contribution in [0.4, 0.5) is 0 Å². The Kier molecular flexibility index (Phi) is 4.15. The highest BCUT2D eigenvalue weighted by Crippen LogP contribution is 2.15. The van der Waals surface area contributed by atoms with Gasteiger partial charge in [0, 0.05) is 6.42 Å². The highest BCUT2D eigenvalue weighted by atomic mass is 16.2. The van der Waals surface area contributed by atoms with E-state index in [2.05, 4.69) is 22.4 Å². The minimum absolute atomic E-state index is 0.121. The van der Waals surface area contributed by atoms with Crippen molar-refractivity contribution in [2.75, 3.05) is 0 Å². The molecule has 2 aromatic carbocycles. The standard InChI is InChI=1S/C19H18N2O/c1-14-6-5-9-16(12-14)13-17-19(22)21-18(20-17)11-10-15-7-3-2-4-8-15/h2-9,12-13H,10-11H2,1H3,(H,20,21,22)/b17-13+. The van der Waals surface area contributed by atoms with Crippen molar-refractivity contribution >= 4 is 17.8 Å². The summed E-state index contributed by atoms with van der Waals surface area (Å²) in [6.45, 7) is 2.03. The summed E-state index contributed by atoms with van der Waals surface area (Å²) in [5.74, 6) is 0.623. The molecule has 3 heteroatoms. The lowest BCUT2D eigenvalue weighted by Gasteiger charge is -2.00. The molecule has 0 saturated heterocycles. The Morgan fingerprint density at radius 1 is 1.05 bits per heavy atom. The first-order chi connectivity index (χ1) is 10.7. The maximum atomic E-state index is 12.0. The predicted octanol–water partition coefficient (Wildman–Crippen LogP) is 3.50. The molecule has 0 radical (unpaired) electrons. The normalized spacial score (nSPS) is 15.8. The molecule has 110 valence electrons. The summed E-state index contributed by atoms with van der Waals surface area (Å²) in [6.07, 6.45) is 3.44. The number of aryl methyl sites for hydroxylation is 2. The maximum Gasteiger partial charge on any atom is 0.275 e. The molecule has 3 rings (SSSR count). The zero-order chi connectivity index (χ0) is 15.4. The van der Waals surface area contributed by atoms with Crippen molar-refractivity contribution < 1.29 is 4.79 Å². The molecule has 22 heavy (non-hydrogen) atoms. The molecule has 0 atom stereocenters. The Morgan fingerprint density at radius 2 is 1.86 bits per heavy atom. The quantitative estimate of drug-likeness (QED) is 0.860. The molecular weight excluding hydrogens is 272 g/mol. The van der Waals surface area contributed by atoms with Crippen LogP contribution in [0.15, 0.2) is 65.3 Å². The third kappa shape index (κ3) is 3.50. The highest BCUT2D eigenvalue weighted by molar-refractivity contribution is 6.14. The fourth-order valence-electron chi connectivity index (χ4n) is 2.46. The monoisotopic (exact) mass is 290 g/mol. The molecule has 0 bridgehead atoms. The fraction of sp³-hybridized carbons (Fsp3) is 0.158. The van der Waals surface area contributed by atoms with Gasteiger partial charge in [0.15, 0.2) is 0 Å². The Morgan fingerprint density at radius 3 is 2.64 bits per heavy atom. The number of hydrogen-bond acceptors (Lipinski definition) is 2. The SMILES string of the molecule is Cc1cccc(/C=C2/N=C(CCc3ccccc3)NC2=O)c1. The molecule has 0 aromatic heterocycles. The van der Waals surface area contributed by atoms with Gasteiger partial charge in [-0.2, -0.15) is 0 Å². The predicted molar refractivity (Wildman–Crippen MR) is 89.5 cm³/mol. The van der Waals surface area contributed by atoms with Crippen LogP contribution in [-0.2, 0) is 11.2 Å². The topological polar surface area (TPSA) is 41.5 Å². The molecular formula is C19H18N2O. The summed E-state index contributed by atoms with van der Waals surface area (Å²) in [6, 6.07) is 18.2. The zero-order valence-corrected chi connectivity index (χ0v) is 12.5. The van der Waals surface area contributed by atoms with Gasteiger partial charge in [0.2, 0.25) is 0 Å².